The Morgan fingerprint density at radius 3 is 2.00 bits per heavy atom. The number of hydrogen-bond acceptors (Lipinski definition) is 3. The van der Waals surface area contributed by atoms with Crippen molar-refractivity contribution in [2.24, 2.45) is 0 Å². The van der Waals surface area contributed by atoms with Crippen molar-refractivity contribution in [1.29, 1.82) is 0 Å². The Hall–Kier alpha value is -1.94. The molecule has 1 amide bonds. The molecule has 0 radical (unpaired) electrons. The van der Waals surface area contributed by atoms with Crippen molar-refractivity contribution in [3.63, 3.8) is 0 Å². The third-order valence-electron chi connectivity index (χ3n) is 2.29. The lowest BCUT2D eigenvalue weighted by Gasteiger charge is -2.05. The molecule has 92 valence electrons. The zero-order valence-corrected chi connectivity index (χ0v) is 10.8. The summed E-state index contributed by atoms with van der Waals surface area (Å²) in [5, 5.41) is 2.74. The Kier molecular flexibility index (Phi) is 3.89. The molecule has 0 spiro atoms. The van der Waals surface area contributed by atoms with Crippen LogP contribution in [0.2, 0.25) is 0 Å². The van der Waals surface area contributed by atoms with Gasteiger partial charge in [-0.3, -0.25) is 4.79 Å². The number of rotatable bonds is 3. The van der Waals surface area contributed by atoms with Crippen molar-refractivity contribution in [1.82, 2.24) is 0 Å². The molecule has 0 bridgehead atoms. The van der Waals surface area contributed by atoms with Crippen LogP contribution in [0.25, 0.3) is 0 Å². The van der Waals surface area contributed by atoms with Crippen LogP contribution < -0.4 is 11.1 Å². The fourth-order valence-electron chi connectivity index (χ4n) is 1.48. The largest absolute Gasteiger partial charge is 0.399 e. The number of carbonyl (C=O) groups is 1. The van der Waals surface area contributed by atoms with E-state index in [1.807, 2.05) is 48.5 Å². The molecule has 3 nitrogen and oxygen atoms in total. The first-order chi connectivity index (χ1) is 8.63. The molecule has 0 aliphatic heterocycles. The number of anilines is 2. The van der Waals surface area contributed by atoms with Gasteiger partial charge < -0.3 is 11.1 Å². The van der Waals surface area contributed by atoms with Gasteiger partial charge in [0.25, 0.3) is 0 Å². The molecule has 2 aromatic carbocycles. The number of nitrogen functional groups attached to an aromatic ring is 1. The van der Waals surface area contributed by atoms with Crippen LogP contribution >= 0.6 is 11.8 Å². The highest BCUT2D eigenvalue weighted by atomic mass is 32.2. The van der Waals surface area contributed by atoms with Gasteiger partial charge in [-0.1, -0.05) is 11.8 Å². The quantitative estimate of drug-likeness (QED) is 0.830. The van der Waals surface area contributed by atoms with Gasteiger partial charge in [-0.25, -0.2) is 0 Å². The lowest BCUT2D eigenvalue weighted by Crippen LogP contribution is -2.05. The second-order valence-corrected chi connectivity index (χ2v) is 5.02. The van der Waals surface area contributed by atoms with Crippen LogP contribution in [0.3, 0.4) is 0 Å². The van der Waals surface area contributed by atoms with E-state index in [4.69, 9.17) is 5.73 Å². The van der Waals surface area contributed by atoms with Gasteiger partial charge in [0.15, 0.2) is 0 Å². The summed E-state index contributed by atoms with van der Waals surface area (Å²) in [6.45, 7) is 1.50. The van der Waals surface area contributed by atoms with Crippen LogP contribution in [0, 0.1) is 0 Å². The predicted octanol–water partition coefficient (Wildman–Crippen LogP) is 3.38. The van der Waals surface area contributed by atoms with E-state index in [2.05, 4.69) is 5.32 Å². The molecule has 2 aromatic rings. The number of carbonyl (C=O) groups excluding carboxylic acids is 1. The minimum atomic E-state index is -0.0612. The van der Waals surface area contributed by atoms with Crippen molar-refractivity contribution in [3.05, 3.63) is 48.5 Å². The summed E-state index contributed by atoms with van der Waals surface area (Å²) in [5.74, 6) is -0.0612. The topological polar surface area (TPSA) is 55.1 Å². The molecule has 0 aliphatic rings. The predicted molar refractivity (Wildman–Crippen MR) is 75.7 cm³/mol. The Balaban J connectivity index is 2.06. The third-order valence-corrected chi connectivity index (χ3v) is 3.31. The molecule has 3 N–H and O–H groups in total. The maximum atomic E-state index is 10.9. The SMILES string of the molecule is CC(=O)Nc1ccc(Sc2ccc(N)cc2)cc1. The van der Waals surface area contributed by atoms with Crippen LogP contribution in [-0.2, 0) is 4.79 Å². The molecule has 0 aromatic heterocycles. The molecular weight excluding hydrogens is 244 g/mol. The number of nitrogens with two attached hydrogens (primary N) is 1. The highest BCUT2D eigenvalue weighted by Gasteiger charge is 1.99. The number of hydrogen-bond donors (Lipinski definition) is 2. The lowest BCUT2D eigenvalue weighted by atomic mass is 10.3. The second kappa shape index (κ2) is 5.60. The minimum absolute atomic E-state index is 0.0612. The van der Waals surface area contributed by atoms with E-state index in [1.54, 1.807) is 11.8 Å². The third kappa shape index (κ3) is 3.53. The van der Waals surface area contributed by atoms with Crippen molar-refractivity contribution >= 4 is 29.0 Å². The van der Waals surface area contributed by atoms with Crippen LogP contribution in [0.1, 0.15) is 6.92 Å². The van der Waals surface area contributed by atoms with Gasteiger partial charge in [0.05, 0.1) is 0 Å². The molecule has 4 heteroatoms. The average Bonchev–Trinajstić information content (AvgIpc) is 2.34. The molecule has 18 heavy (non-hydrogen) atoms. The standard InChI is InChI=1S/C14H14N2OS/c1-10(17)16-12-4-8-14(9-5-12)18-13-6-2-11(15)3-7-13/h2-9H,15H2,1H3,(H,16,17). The molecule has 0 atom stereocenters. The smallest absolute Gasteiger partial charge is 0.221 e. The zero-order valence-electron chi connectivity index (χ0n) is 10.0. The van der Waals surface area contributed by atoms with E-state index >= 15 is 0 Å². The molecule has 0 fully saturated rings. The summed E-state index contributed by atoms with van der Waals surface area (Å²) in [6, 6.07) is 15.5. The Morgan fingerprint density at radius 1 is 1.00 bits per heavy atom. The van der Waals surface area contributed by atoms with Crippen molar-refractivity contribution in [3.8, 4) is 0 Å². The summed E-state index contributed by atoms with van der Waals surface area (Å²) < 4.78 is 0. The van der Waals surface area contributed by atoms with Gasteiger partial charge >= 0.3 is 0 Å². The zero-order chi connectivity index (χ0) is 13.0. The van der Waals surface area contributed by atoms with Crippen LogP contribution in [0.4, 0.5) is 11.4 Å². The molecule has 0 heterocycles. The van der Waals surface area contributed by atoms with E-state index in [0.717, 1.165) is 21.2 Å². The number of nitrogens with one attached hydrogen (secondary N) is 1. The fraction of sp³-hybridized carbons (Fsp3) is 0.0714. The molecule has 0 saturated carbocycles. The summed E-state index contributed by atoms with van der Waals surface area (Å²) in [4.78, 5) is 13.1. The van der Waals surface area contributed by atoms with Gasteiger partial charge in [-0.2, -0.15) is 0 Å². The van der Waals surface area contributed by atoms with Crippen LogP contribution in [0.5, 0.6) is 0 Å². The summed E-state index contributed by atoms with van der Waals surface area (Å²) in [5.41, 5.74) is 7.21. The highest BCUT2D eigenvalue weighted by Crippen LogP contribution is 2.28. The van der Waals surface area contributed by atoms with Crippen molar-refractivity contribution in [2.45, 2.75) is 16.7 Å². The minimum Gasteiger partial charge on any atom is -0.399 e. The van der Waals surface area contributed by atoms with E-state index in [1.165, 1.54) is 6.92 Å². The van der Waals surface area contributed by atoms with E-state index < -0.39 is 0 Å². The molecule has 0 unspecified atom stereocenters. The first-order valence-corrected chi connectivity index (χ1v) is 6.36. The molecule has 0 saturated heterocycles. The second-order valence-electron chi connectivity index (χ2n) is 3.88. The van der Waals surface area contributed by atoms with Gasteiger partial charge in [0.2, 0.25) is 5.91 Å². The van der Waals surface area contributed by atoms with Crippen LogP contribution in [0.15, 0.2) is 58.3 Å². The summed E-state index contributed by atoms with van der Waals surface area (Å²) >= 11 is 1.66. The van der Waals surface area contributed by atoms with E-state index in [0.29, 0.717) is 0 Å². The highest BCUT2D eigenvalue weighted by molar-refractivity contribution is 7.99. The maximum absolute atomic E-state index is 10.9. The summed E-state index contributed by atoms with van der Waals surface area (Å²) in [6.07, 6.45) is 0. The van der Waals surface area contributed by atoms with E-state index in [9.17, 15) is 4.79 Å². The van der Waals surface area contributed by atoms with Crippen molar-refractivity contribution in [2.75, 3.05) is 11.1 Å². The molecule has 2 rings (SSSR count). The first kappa shape index (κ1) is 12.5. The van der Waals surface area contributed by atoms with Gasteiger partial charge in [-0.15, -0.1) is 0 Å². The van der Waals surface area contributed by atoms with Gasteiger partial charge in [-0.05, 0) is 48.5 Å². The normalized spacial score (nSPS) is 10.1. The Bertz CT molecular complexity index is 535. The number of benzene rings is 2. The van der Waals surface area contributed by atoms with Crippen molar-refractivity contribution < 1.29 is 4.79 Å². The maximum Gasteiger partial charge on any atom is 0.221 e. The number of amides is 1. The van der Waals surface area contributed by atoms with E-state index in [-0.39, 0.29) is 5.91 Å². The van der Waals surface area contributed by atoms with Crippen LogP contribution in [-0.4, -0.2) is 5.91 Å². The Labute approximate surface area is 110 Å². The molecular formula is C14H14N2OS. The Morgan fingerprint density at radius 2 is 1.50 bits per heavy atom. The average molecular weight is 258 g/mol. The fourth-order valence-corrected chi connectivity index (χ4v) is 2.30. The summed E-state index contributed by atoms with van der Waals surface area (Å²) in [7, 11) is 0. The molecule has 0 aliphatic carbocycles. The van der Waals surface area contributed by atoms with Gasteiger partial charge in [0.1, 0.15) is 0 Å². The lowest BCUT2D eigenvalue weighted by molar-refractivity contribution is -0.114. The monoisotopic (exact) mass is 258 g/mol. The van der Waals surface area contributed by atoms with Gasteiger partial charge in [0, 0.05) is 28.1 Å². The first-order valence-electron chi connectivity index (χ1n) is 5.54.